The van der Waals surface area contributed by atoms with E-state index >= 15 is 0 Å². The minimum Gasteiger partial charge on any atom is -0.475 e. The highest BCUT2D eigenvalue weighted by atomic mass is 19.1. The van der Waals surface area contributed by atoms with Crippen molar-refractivity contribution in [2.75, 3.05) is 6.61 Å². The third kappa shape index (κ3) is 3.93. The van der Waals surface area contributed by atoms with Crippen LogP contribution in [0.3, 0.4) is 0 Å². The summed E-state index contributed by atoms with van der Waals surface area (Å²) in [4.78, 5) is 20.6. The largest absolute Gasteiger partial charge is 0.475 e. The number of pyridine rings is 2. The van der Waals surface area contributed by atoms with Gasteiger partial charge in [0.15, 0.2) is 0 Å². The number of hydrogen-bond acceptors (Lipinski definition) is 4. The Labute approximate surface area is 144 Å². The van der Waals surface area contributed by atoms with Crippen LogP contribution in [0.1, 0.15) is 24.2 Å². The number of fused-ring (bicyclic) bond motifs is 1. The van der Waals surface area contributed by atoms with Gasteiger partial charge >= 0.3 is 0 Å². The molecule has 0 spiro atoms. The van der Waals surface area contributed by atoms with Gasteiger partial charge < -0.3 is 14.6 Å². The van der Waals surface area contributed by atoms with Crippen molar-refractivity contribution in [1.82, 2.24) is 19.9 Å². The molecule has 0 aliphatic carbocycles. The van der Waals surface area contributed by atoms with E-state index in [1.54, 1.807) is 12.3 Å². The number of aromatic nitrogens is 3. The Hall–Kier alpha value is -2.96. The standard InChI is InChI=1S/C18H19FN4O2/c1-18(2,11-25-15-5-4-14(19)10-20-15)22-17(24)13-8-12-6-7-23(3)16(12)21-9-13/h4-10H,11H2,1-3H3,(H,22,24). The highest BCUT2D eigenvalue weighted by Gasteiger charge is 2.23. The molecule has 6 nitrogen and oxygen atoms in total. The van der Waals surface area contributed by atoms with Gasteiger partial charge in [-0.3, -0.25) is 4.79 Å². The van der Waals surface area contributed by atoms with Crippen molar-refractivity contribution >= 4 is 16.9 Å². The fourth-order valence-electron chi connectivity index (χ4n) is 2.40. The number of carbonyl (C=O) groups is 1. The molecular weight excluding hydrogens is 323 g/mol. The maximum absolute atomic E-state index is 12.9. The van der Waals surface area contributed by atoms with Crippen LogP contribution in [-0.2, 0) is 7.05 Å². The topological polar surface area (TPSA) is 69.0 Å². The minimum absolute atomic E-state index is 0.193. The second-order valence-corrected chi connectivity index (χ2v) is 6.50. The third-order valence-corrected chi connectivity index (χ3v) is 3.70. The summed E-state index contributed by atoms with van der Waals surface area (Å²) in [5.74, 6) is -0.362. The summed E-state index contributed by atoms with van der Waals surface area (Å²) in [5, 5.41) is 3.82. The molecule has 0 saturated heterocycles. The molecule has 3 aromatic heterocycles. The number of aryl methyl sites for hydroxylation is 1. The zero-order valence-corrected chi connectivity index (χ0v) is 14.3. The van der Waals surface area contributed by atoms with Crippen LogP contribution in [0.4, 0.5) is 4.39 Å². The summed E-state index contributed by atoms with van der Waals surface area (Å²) in [7, 11) is 1.90. The van der Waals surface area contributed by atoms with Gasteiger partial charge in [0.2, 0.25) is 5.88 Å². The van der Waals surface area contributed by atoms with Crippen molar-refractivity contribution in [1.29, 1.82) is 0 Å². The molecule has 1 N–H and O–H groups in total. The molecule has 7 heteroatoms. The van der Waals surface area contributed by atoms with Gasteiger partial charge in [0.1, 0.15) is 18.1 Å². The Morgan fingerprint density at radius 3 is 2.80 bits per heavy atom. The van der Waals surface area contributed by atoms with Crippen LogP contribution in [0.25, 0.3) is 11.0 Å². The number of nitrogens with zero attached hydrogens (tertiary/aromatic N) is 3. The molecule has 130 valence electrons. The van der Waals surface area contributed by atoms with Gasteiger partial charge in [-0.2, -0.15) is 0 Å². The summed E-state index contributed by atoms with van der Waals surface area (Å²) in [5.41, 5.74) is 0.659. The molecule has 3 aromatic rings. The van der Waals surface area contributed by atoms with Crippen LogP contribution in [0.15, 0.2) is 42.9 Å². The second kappa shape index (κ2) is 6.51. The first kappa shape index (κ1) is 16.9. The van der Waals surface area contributed by atoms with Crippen molar-refractivity contribution in [3.8, 4) is 5.88 Å². The van der Waals surface area contributed by atoms with Gasteiger partial charge in [0, 0.05) is 30.9 Å². The maximum Gasteiger partial charge on any atom is 0.253 e. The molecule has 0 saturated carbocycles. The molecule has 0 unspecified atom stereocenters. The average Bonchev–Trinajstić information content (AvgIpc) is 2.95. The fourth-order valence-corrected chi connectivity index (χ4v) is 2.40. The molecule has 3 rings (SSSR count). The molecule has 25 heavy (non-hydrogen) atoms. The normalized spacial score (nSPS) is 11.5. The summed E-state index contributed by atoms with van der Waals surface area (Å²) < 4.78 is 20.3. The first-order valence-electron chi connectivity index (χ1n) is 7.82. The molecule has 0 aromatic carbocycles. The predicted molar refractivity (Wildman–Crippen MR) is 91.9 cm³/mol. The van der Waals surface area contributed by atoms with Crippen molar-refractivity contribution in [3.05, 3.63) is 54.2 Å². The van der Waals surface area contributed by atoms with Crippen molar-refractivity contribution in [2.45, 2.75) is 19.4 Å². The van der Waals surface area contributed by atoms with Crippen LogP contribution < -0.4 is 10.1 Å². The molecular formula is C18H19FN4O2. The number of amides is 1. The summed E-state index contributed by atoms with van der Waals surface area (Å²) in [6.07, 6.45) is 4.53. The molecule has 1 amide bonds. The monoisotopic (exact) mass is 342 g/mol. The Balaban J connectivity index is 1.66. The average molecular weight is 342 g/mol. The number of ether oxygens (including phenoxy) is 1. The molecule has 0 atom stereocenters. The van der Waals surface area contributed by atoms with Crippen molar-refractivity contribution < 1.29 is 13.9 Å². The van der Waals surface area contributed by atoms with Gasteiger partial charge in [0.25, 0.3) is 5.91 Å². The fraction of sp³-hybridized carbons (Fsp3) is 0.278. The van der Waals surface area contributed by atoms with Gasteiger partial charge in [0.05, 0.1) is 17.3 Å². The van der Waals surface area contributed by atoms with E-state index in [-0.39, 0.29) is 12.5 Å². The van der Waals surface area contributed by atoms with Gasteiger partial charge in [-0.05, 0) is 32.0 Å². The first-order valence-corrected chi connectivity index (χ1v) is 7.82. The van der Waals surface area contributed by atoms with E-state index in [0.717, 1.165) is 17.2 Å². The maximum atomic E-state index is 12.9. The van der Waals surface area contributed by atoms with E-state index in [0.29, 0.717) is 11.4 Å². The highest BCUT2D eigenvalue weighted by molar-refractivity contribution is 5.97. The summed E-state index contributed by atoms with van der Waals surface area (Å²) >= 11 is 0. The molecule has 0 bridgehead atoms. The molecule has 0 aliphatic rings. The lowest BCUT2D eigenvalue weighted by molar-refractivity contribution is 0.0878. The van der Waals surface area contributed by atoms with E-state index in [4.69, 9.17) is 4.74 Å². The van der Waals surface area contributed by atoms with Crippen LogP contribution in [0.5, 0.6) is 5.88 Å². The lowest BCUT2D eigenvalue weighted by Crippen LogP contribution is -2.47. The number of hydrogen-bond donors (Lipinski definition) is 1. The van der Waals surface area contributed by atoms with Crippen molar-refractivity contribution in [2.24, 2.45) is 7.05 Å². The summed E-state index contributed by atoms with van der Waals surface area (Å²) in [6, 6.07) is 6.43. The zero-order valence-electron chi connectivity index (χ0n) is 14.3. The Morgan fingerprint density at radius 1 is 1.28 bits per heavy atom. The number of nitrogens with one attached hydrogen (secondary N) is 1. The number of carbonyl (C=O) groups excluding carboxylic acids is 1. The third-order valence-electron chi connectivity index (χ3n) is 3.70. The van der Waals surface area contributed by atoms with Crippen LogP contribution in [0.2, 0.25) is 0 Å². The van der Waals surface area contributed by atoms with Crippen LogP contribution in [-0.4, -0.2) is 32.6 Å². The predicted octanol–water partition coefficient (Wildman–Crippen LogP) is 2.69. The molecule has 3 heterocycles. The van der Waals surface area contributed by atoms with Gasteiger partial charge in [-0.15, -0.1) is 0 Å². The van der Waals surface area contributed by atoms with Gasteiger partial charge in [-0.25, -0.2) is 14.4 Å². The highest BCUT2D eigenvalue weighted by Crippen LogP contribution is 2.15. The molecule has 0 fully saturated rings. The number of rotatable bonds is 5. The Bertz CT molecular complexity index is 903. The lowest BCUT2D eigenvalue weighted by Gasteiger charge is -2.26. The first-order chi connectivity index (χ1) is 11.8. The van der Waals surface area contributed by atoms with E-state index in [1.807, 2.05) is 37.7 Å². The zero-order chi connectivity index (χ0) is 18.0. The Morgan fingerprint density at radius 2 is 2.08 bits per heavy atom. The molecule has 0 radical (unpaired) electrons. The smallest absolute Gasteiger partial charge is 0.253 e. The number of halogens is 1. The van der Waals surface area contributed by atoms with Crippen LogP contribution in [0, 0.1) is 5.82 Å². The minimum atomic E-state index is -0.640. The SMILES string of the molecule is Cn1ccc2cc(C(=O)NC(C)(C)COc3ccc(F)cn3)cnc21. The van der Waals surface area contributed by atoms with E-state index < -0.39 is 11.4 Å². The van der Waals surface area contributed by atoms with Gasteiger partial charge in [-0.1, -0.05) is 0 Å². The van der Waals surface area contributed by atoms with E-state index in [9.17, 15) is 9.18 Å². The Kier molecular flexibility index (Phi) is 4.39. The van der Waals surface area contributed by atoms with E-state index in [2.05, 4.69) is 15.3 Å². The second-order valence-electron chi connectivity index (χ2n) is 6.50. The quantitative estimate of drug-likeness (QED) is 0.774. The summed E-state index contributed by atoms with van der Waals surface area (Å²) in [6.45, 7) is 3.87. The molecule has 0 aliphatic heterocycles. The van der Waals surface area contributed by atoms with Crippen molar-refractivity contribution in [3.63, 3.8) is 0 Å². The van der Waals surface area contributed by atoms with Crippen LogP contribution >= 0.6 is 0 Å². The lowest BCUT2D eigenvalue weighted by atomic mass is 10.1. The van der Waals surface area contributed by atoms with E-state index in [1.165, 1.54) is 12.1 Å².